The van der Waals surface area contributed by atoms with Gasteiger partial charge in [-0.2, -0.15) is 0 Å². The van der Waals surface area contributed by atoms with Crippen LogP contribution in [0.15, 0.2) is 89.0 Å². The Morgan fingerprint density at radius 2 is 1.86 bits per heavy atom. The van der Waals surface area contributed by atoms with Gasteiger partial charge in [-0.25, -0.2) is 0 Å². The lowest BCUT2D eigenvalue weighted by atomic mass is 9.88. The van der Waals surface area contributed by atoms with E-state index in [-0.39, 0.29) is 24.2 Å². The smallest absolute Gasteiger partial charge is 0.278 e. The van der Waals surface area contributed by atoms with Crippen molar-refractivity contribution in [2.75, 3.05) is 11.7 Å². The Balaban J connectivity index is 1.54. The van der Waals surface area contributed by atoms with Crippen LogP contribution in [-0.2, 0) is 13.0 Å². The van der Waals surface area contributed by atoms with Crippen LogP contribution in [0, 0.1) is 0 Å². The van der Waals surface area contributed by atoms with Gasteiger partial charge in [0.15, 0.2) is 11.4 Å². The molecule has 7 nitrogen and oxygen atoms in total. The van der Waals surface area contributed by atoms with Crippen LogP contribution in [0.1, 0.15) is 52.6 Å². The Labute approximate surface area is 203 Å². The molecule has 3 heterocycles. The van der Waals surface area contributed by atoms with Crippen molar-refractivity contribution in [1.29, 1.82) is 0 Å². The van der Waals surface area contributed by atoms with E-state index in [9.17, 15) is 14.7 Å². The summed E-state index contributed by atoms with van der Waals surface area (Å²) < 4.78 is 1.68. The van der Waals surface area contributed by atoms with Crippen LogP contribution in [-0.4, -0.2) is 32.2 Å². The number of rotatable bonds is 3. The molecule has 0 bridgehead atoms. The molecule has 0 radical (unpaired) electrons. The van der Waals surface area contributed by atoms with Crippen molar-refractivity contribution in [3.8, 4) is 5.75 Å². The zero-order valence-electron chi connectivity index (χ0n) is 19.3. The van der Waals surface area contributed by atoms with E-state index in [1.54, 1.807) is 22.0 Å². The molecule has 3 aromatic rings. The Bertz CT molecular complexity index is 1420. The molecule has 0 spiro atoms. The number of aromatic nitrogens is 2. The SMILES string of the molecule is O=C1c2c(O)c(=O)ccn2N(C2C3=C(C=CCC3)CCc3ccccc32)CN1Cc1ccccn1. The van der Waals surface area contributed by atoms with Gasteiger partial charge in [0.2, 0.25) is 5.43 Å². The summed E-state index contributed by atoms with van der Waals surface area (Å²) in [5.74, 6) is -0.908. The monoisotopic (exact) mass is 466 g/mol. The van der Waals surface area contributed by atoms with Crippen LogP contribution >= 0.6 is 0 Å². The van der Waals surface area contributed by atoms with Gasteiger partial charge in [-0.05, 0) is 60.1 Å². The lowest BCUT2D eigenvalue weighted by Gasteiger charge is -2.45. The van der Waals surface area contributed by atoms with Gasteiger partial charge < -0.3 is 10.0 Å². The van der Waals surface area contributed by atoms with Gasteiger partial charge in [0.05, 0.1) is 18.3 Å². The zero-order chi connectivity index (χ0) is 23.9. The van der Waals surface area contributed by atoms with Crippen molar-refractivity contribution in [2.45, 2.75) is 38.3 Å². The maximum atomic E-state index is 13.5. The average Bonchev–Trinajstić information content (AvgIpc) is 3.05. The highest BCUT2D eigenvalue weighted by molar-refractivity contribution is 5.96. The molecular weight excluding hydrogens is 440 g/mol. The Kier molecular flexibility index (Phi) is 5.25. The number of pyridine rings is 2. The third-order valence-corrected chi connectivity index (χ3v) is 7.17. The minimum atomic E-state index is -0.564. The van der Waals surface area contributed by atoms with E-state index in [1.165, 1.54) is 28.3 Å². The first-order valence-electron chi connectivity index (χ1n) is 12.0. The van der Waals surface area contributed by atoms with Gasteiger partial charge in [-0.15, -0.1) is 0 Å². The highest BCUT2D eigenvalue weighted by Gasteiger charge is 2.39. The summed E-state index contributed by atoms with van der Waals surface area (Å²) in [5, 5.41) is 12.9. The molecule has 1 aliphatic heterocycles. The predicted molar refractivity (Wildman–Crippen MR) is 132 cm³/mol. The summed E-state index contributed by atoms with van der Waals surface area (Å²) in [6.45, 7) is 0.573. The minimum Gasteiger partial charge on any atom is -0.502 e. The van der Waals surface area contributed by atoms with Crippen molar-refractivity contribution < 1.29 is 9.90 Å². The Hall–Kier alpha value is -4.13. The topological polar surface area (TPSA) is 78.7 Å². The van der Waals surface area contributed by atoms with Crippen LogP contribution < -0.4 is 10.4 Å². The second kappa shape index (κ2) is 8.58. The molecule has 0 saturated carbocycles. The molecule has 0 fully saturated rings. The number of fused-ring (bicyclic) bond motifs is 2. The minimum absolute atomic E-state index is 0.00471. The van der Waals surface area contributed by atoms with Gasteiger partial charge in [0, 0.05) is 18.5 Å². The normalized spacial score (nSPS) is 19.2. The number of aromatic hydroxyl groups is 1. The number of carbonyl (C=O) groups is 1. The van der Waals surface area contributed by atoms with Crippen LogP contribution in [0.2, 0.25) is 0 Å². The van der Waals surface area contributed by atoms with Crippen molar-refractivity contribution in [1.82, 2.24) is 14.6 Å². The lowest BCUT2D eigenvalue weighted by Crippen LogP contribution is -2.55. The van der Waals surface area contributed by atoms with E-state index in [0.29, 0.717) is 6.67 Å². The predicted octanol–water partition coefficient (Wildman–Crippen LogP) is 3.83. The third-order valence-electron chi connectivity index (χ3n) is 7.17. The Morgan fingerprint density at radius 3 is 2.71 bits per heavy atom. The van der Waals surface area contributed by atoms with Crippen LogP contribution in [0.3, 0.4) is 0 Å². The molecule has 1 unspecified atom stereocenters. The van der Waals surface area contributed by atoms with E-state index in [4.69, 9.17) is 0 Å². The van der Waals surface area contributed by atoms with Gasteiger partial charge in [0.1, 0.15) is 6.67 Å². The molecule has 2 aromatic heterocycles. The second-order valence-electron chi connectivity index (χ2n) is 9.22. The summed E-state index contributed by atoms with van der Waals surface area (Å²) in [6.07, 6.45) is 11.6. The summed E-state index contributed by atoms with van der Waals surface area (Å²) in [7, 11) is 0. The highest BCUT2D eigenvalue weighted by Crippen LogP contribution is 2.42. The van der Waals surface area contributed by atoms with Gasteiger partial charge in [-0.1, -0.05) is 42.5 Å². The average molecular weight is 467 g/mol. The lowest BCUT2D eigenvalue weighted by molar-refractivity contribution is 0.0661. The quantitative estimate of drug-likeness (QED) is 0.635. The maximum absolute atomic E-state index is 13.5. The number of carbonyl (C=O) groups excluding carboxylic acids is 1. The van der Waals surface area contributed by atoms with E-state index in [1.807, 2.05) is 18.2 Å². The van der Waals surface area contributed by atoms with Crippen molar-refractivity contribution in [3.63, 3.8) is 0 Å². The molecular formula is C28H26N4O3. The maximum Gasteiger partial charge on any atom is 0.278 e. The fraction of sp³-hybridized carbons (Fsp3) is 0.250. The molecule has 1 aromatic carbocycles. The van der Waals surface area contributed by atoms with Crippen LogP contribution in [0.5, 0.6) is 5.75 Å². The standard InChI is InChI=1S/C28H26N4O3/c33-24-14-16-31-26(27(24)34)28(35)30(17-21-9-5-6-15-29-21)18-32(31)25-22-10-3-1-7-19(22)12-13-20-8-2-4-11-23(20)25/h1-3,5-10,14-16,25,34H,4,11-13,17-18H2. The summed E-state index contributed by atoms with van der Waals surface area (Å²) >= 11 is 0. The van der Waals surface area contributed by atoms with E-state index < -0.39 is 11.2 Å². The first-order valence-corrected chi connectivity index (χ1v) is 12.0. The zero-order valence-corrected chi connectivity index (χ0v) is 19.3. The molecule has 3 aliphatic rings. The number of hydrogen-bond acceptors (Lipinski definition) is 5. The molecule has 7 heteroatoms. The number of allylic oxidation sites excluding steroid dienone is 3. The number of benzene rings is 1. The number of nitrogens with zero attached hydrogens (tertiary/aromatic N) is 4. The molecule has 0 saturated heterocycles. The van der Waals surface area contributed by atoms with Gasteiger partial charge in [-0.3, -0.25) is 24.3 Å². The van der Waals surface area contributed by atoms with Crippen LogP contribution in [0.25, 0.3) is 0 Å². The first-order chi connectivity index (χ1) is 17.1. The second-order valence-corrected chi connectivity index (χ2v) is 9.22. The summed E-state index contributed by atoms with van der Waals surface area (Å²) in [6, 6.07) is 15.3. The van der Waals surface area contributed by atoms with E-state index >= 15 is 0 Å². The highest BCUT2D eigenvalue weighted by atomic mass is 16.3. The van der Waals surface area contributed by atoms with E-state index in [2.05, 4.69) is 46.4 Å². The third kappa shape index (κ3) is 3.64. The largest absolute Gasteiger partial charge is 0.502 e. The fourth-order valence-corrected chi connectivity index (χ4v) is 5.52. The summed E-state index contributed by atoms with van der Waals surface area (Å²) in [5.41, 5.74) is 5.31. The van der Waals surface area contributed by atoms with Crippen molar-refractivity contribution >= 4 is 5.91 Å². The van der Waals surface area contributed by atoms with Crippen molar-refractivity contribution in [3.05, 3.63) is 117 Å². The molecule has 2 aliphatic carbocycles. The molecule has 1 N–H and O–H groups in total. The number of hydrogen-bond donors (Lipinski definition) is 1. The molecule has 35 heavy (non-hydrogen) atoms. The van der Waals surface area contributed by atoms with Gasteiger partial charge in [0.25, 0.3) is 5.91 Å². The van der Waals surface area contributed by atoms with Crippen LogP contribution in [0.4, 0.5) is 0 Å². The molecule has 1 amide bonds. The summed E-state index contributed by atoms with van der Waals surface area (Å²) in [4.78, 5) is 32.0. The first kappa shape index (κ1) is 21.4. The molecule has 176 valence electrons. The Morgan fingerprint density at radius 1 is 1.00 bits per heavy atom. The number of aryl methyl sites for hydroxylation is 1. The molecule has 1 atom stereocenters. The number of amides is 1. The van der Waals surface area contributed by atoms with Gasteiger partial charge >= 0.3 is 0 Å². The van der Waals surface area contributed by atoms with Crippen molar-refractivity contribution in [2.24, 2.45) is 0 Å². The molecule has 6 rings (SSSR count). The fourth-order valence-electron chi connectivity index (χ4n) is 5.52. The van der Waals surface area contributed by atoms with E-state index in [0.717, 1.165) is 31.4 Å².